The first-order valence-corrected chi connectivity index (χ1v) is 8.68. The summed E-state index contributed by atoms with van der Waals surface area (Å²) in [6.07, 6.45) is 3.32. The van der Waals surface area contributed by atoms with Crippen molar-refractivity contribution in [3.63, 3.8) is 0 Å². The van der Waals surface area contributed by atoms with Crippen LogP contribution in [0.15, 0.2) is 0 Å². The van der Waals surface area contributed by atoms with Gasteiger partial charge in [-0.2, -0.15) is 0 Å². The number of rotatable bonds is 8. The first kappa shape index (κ1) is 16.8. The summed E-state index contributed by atoms with van der Waals surface area (Å²) in [5.74, 6) is 0.395. The van der Waals surface area contributed by atoms with E-state index in [2.05, 4.69) is 4.90 Å². The minimum atomic E-state index is -3.06. The molecule has 114 valence electrons. The van der Waals surface area contributed by atoms with Crippen molar-refractivity contribution in [2.24, 2.45) is 11.7 Å². The highest BCUT2D eigenvalue weighted by Gasteiger charge is 2.26. The molecule has 0 bridgehead atoms. The Kier molecular flexibility index (Phi) is 7.23. The summed E-state index contributed by atoms with van der Waals surface area (Å²) in [6.45, 7) is 5.17. The largest absolute Gasteiger partial charge is 0.383 e. The molecule has 0 aromatic carbocycles. The van der Waals surface area contributed by atoms with Gasteiger partial charge in [0.05, 0.1) is 12.9 Å². The zero-order chi connectivity index (χ0) is 14.3. The van der Waals surface area contributed by atoms with Gasteiger partial charge in [-0.1, -0.05) is 0 Å². The fraction of sp³-hybridized carbons (Fsp3) is 1.00. The molecule has 1 saturated heterocycles. The lowest BCUT2D eigenvalue weighted by Crippen LogP contribution is -2.44. The van der Waals surface area contributed by atoms with Gasteiger partial charge in [0.15, 0.2) is 0 Å². The highest BCUT2D eigenvalue weighted by molar-refractivity contribution is 7.88. The highest BCUT2D eigenvalue weighted by Crippen LogP contribution is 2.19. The van der Waals surface area contributed by atoms with Gasteiger partial charge in [-0.3, -0.25) is 4.90 Å². The van der Waals surface area contributed by atoms with Crippen molar-refractivity contribution < 1.29 is 13.2 Å². The van der Waals surface area contributed by atoms with Gasteiger partial charge in [0.25, 0.3) is 0 Å². The molecule has 0 saturated carbocycles. The molecule has 1 rings (SSSR count). The Balaban J connectivity index is 2.49. The maximum atomic E-state index is 11.6. The minimum Gasteiger partial charge on any atom is -0.383 e. The van der Waals surface area contributed by atoms with Crippen LogP contribution in [0.4, 0.5) is 0 Å². The average molecular weight is 293 g/mol. The molecule has 1 atom stereocenters. The van der Waals surface area contributed by atoms with Crippen LogP contribution < -0.4 is 5.73 Å². The molecule has 0 radical (unpaired) electrons. The zero-order valence-electron chi connectivity index (χ0n) is 12.0. The van der Waals surface area contributed by atoms with Gasteiger partial charge >= 0.3 is 0 Å². The normalized spacial score (nSPS) is 22.0. The quantitative estimate of drug-likeness (QED) is 0.657. The zero-order valence-corrected chi connectivity index (χ0v) is 12.9. The van der Waals surface area contributed by atoms with E-state index in [1.165, 1.54) is 6.26 Å². The van der Waals surface area contributed by atoms with E-state index in [1.54, 1.807) is 11.4 Å². The number of nitrogens with zero attached hydrogens (tertiary/aromatic N) is 2. The van der Waals surface area contributed by atoms with Crippen molar-refractivity contribution in [2.45, 2.75) is 12.8 Å². The van der Waals surface area contributed by atoms with E-state index >= 15 is 0 Å². The van der Waals surface area contributed by atoms with Gasteiger partial charge in [0.1, 0.15) is 0 Å². The number of sulfonamides is 1. The summed E-state index contributed by atoms with van der Waals surface area (Å²) in [4.78, 5) is 2.26. The third-order valence-corrected chi connectivity index (χ3v) is 4.79. The van der Waals surface area contributed by atoms with E-state index in [0.29, 0.717) is 32.2 Å². The SMILES string of the molecule is COCCN(CCN)CC1CCCN(S(C)(=O)=O)C1. The van der Waals surface area contributed by atoms with Gasteiger partial charge < -0.3 is 10.5 Å². The first-order chi connectivity index (χ1) is 8.97. The van der Waals surface area contributed by atoms with Gasteiger partial charge in [-0.05, 0) is 18.8 Å². The van der Waals surface area contributed by atoms with Crippen LogP contribution in [0.1, 0.15) is 12.8 Å². The van der Waals surface area contributed by atoms with Crippen LogP contribution in [0.25, 0.3) is 0 Å². The number of hydrogen-bond acceptors (Lipinski definition) is 5. The smallest absolute Gasteiger partial charge is 0.211 e. The molecule has 0 aromatic rings. The molecule has 2 N–H and O–H groups in total. The maximum Gasteiger partial charge on any atom is 0.211 e. The molecule has 0 aromatic heterocycles. The Bertz CT molecular complexity index is 348. The van der Waals surface area contributed by atoms with Crippen molar-refractivity contribution in [3.8, 4) is 0 Å². The predicted octanol–water partition coefficient (Wildman–Crippen LogP) is -0.435. The van der Waals surface area contributed by atoms with Gasteiger partial charge in [0, 0.05) is 46.4 Å². The summed E-state index contributed by atoms with van der Waals surface area (Å²) in [5, 5.41) is 0. The Labute approximate surface area is 116 Å². The molecule has 1 aliphatic rings. The van der Waals surface area contributed by atoms with Crippen LogP contribution in [0.2, 0.25) is 0 Å². The number of hydrogen-bond donors (Lipinski definition) is 1. The lowest BCUT2D eigenvalue weighted by atomic mass is 9.99. The number of methoxy groups -OCH3 is 1. The van der Waals surface area contributed by atoms with Crippen LogP contribution in [0.5, 0.6) is 0 Å². The number of piperidine rings is 1. The molecule has 19 heavy (non-hydrogen) atoms. The molecular formula is C12H27N3O3S. The second-order valence-corrected chi connectivity index (χ2v) is 7.19. The Morgan fingerprint density at radius 2 is 2.16 bits per heavy atom. The van der Waals surface area contributed by atoms with Crippen LogP contribution in [0, 0.1) is 5.92 Å². The molecule has 0 amide bonds. The topological polar surface area (TPSA) is 75.9 Å². The Morgan fingerprint density at radius 3 is 2.74 bits per heavy atom. The molecule has 1 fully saturated rings. The van der Waals surface area contributed by atoms with E-state index in [-0.39, 0.29) is 0 Å². The second-order valence-electron chi connectivity index (χ2n) is 5.21. The van der Waals surface area contributed by atoms with Gasteiger partial charge in [0.2, 0.25) is 10.0 Å². The van der Waals surface area contributed by atoms with Crippen LogP contribution >= 0.6 is 0 Å². The minimum absolute atomic E-state index is 0.395. The van der Waals surface area contributed by atoms with E-state index in [4.69, 9.17) is 10.5 Å². The summed E-state index contributed by atoms with van der Waals surface area (Å²) in [6, 6.07) is 0. The summed E-state index contributed by atoms with van der Waals surface area (Å²) in [5.41, 5.74) is 5.61. The van der Waals surface area contributed by atoms with Crippen molar-refractivity contribution in [2.75, 3.05) is 59.2 Å². The predicted molar refractivity (Wildman–Crippen MR) is 76.5 cm³/mol. The fourth-order valence-corrected chi connectivity index (χ4v) is 3.48. The average Bonchev–Trinajstić information content (AvgIpc) is 2.35. The number of ether oxygens (including phenoxy) is 1. The van der Waals surface area contributed by atoms with Crippen LogP contribution in [-0.2, 0) is 14.8 Å². The Hall–Kier alpha value is -0.210. The summed E-state index contributed by atoms with van der Waals surface area (Å²) >= 11 is 0. The molecule has 0 spiro atoms. The molecule has 1 heterocycles. The third kappa shape index (κ3) is 6.18. The molecule has 0 aliphatic carbocycles. The highest BCUT2D eigenvalue weighted by atomic mass is 32.2. The first-order valence-electron chi connectivity index (χ1n) is 6.84. The van der Waals surface area contributed by atoms with E-state index in [1.807, 2.05) is 0 Å². The number of nitrogens with two attached hydrogens (primary N) is 1. The lowest BCUT2D eigenvalue weighted by Gasteiger charge is -2.34. The monoisotopic (exact) mass is 293 g/mol. The summed E-state index contributed by atoms with van der Waals surface area (Å²) in [7, 11) is -1.37. The molecule has 1 unspecified atom stereocenters. The Morgan fingerprint density at radius 1 is 1.42 bits per heavy atom. The standard InChI is InChI=1S/C12H27N3O3S/c1-18-9-8-14(7-5-13)10-12-4-3-6-15(11-12)19(2,16)17/h12H,3-11,13H2,1-2H3. The molecular weight excluding hydrogens is 266 g/mol. The van der Waals surface area contributed by atoms with Crippen molar-refractivity contribution >= 4 is 10.0 Å². The van der Waals surface area contributed by atoms with E-state index in [0.717, 1.165) is 32.5 Å². The van der Waals surface area contributed by atoms with E-state index in [9.17, 15) is 8.42 Å². The van der Waals surface area contributed by atoms with Gasteiger partial charge in [-0.25, -0.2) is 12.7 Å². The molecule has 1 aliphatic heterocycles. The maximum absolute atomic E-state index is 11.6. The van der Waals surface area contributed by atoms with Crippen molar-refractivity contribution in [3.05, 3.63) is 0 Å². The molecule has 7 heteroatoms. The van der Waals surface area contributed by atoms with Crippen LogP contribution in [-0.4, -0.2) is 76.9 Å². The van der Waals surface area contributed by atoms with Crippen molar-refractivity contribution in [1.29, 1.82) is 0 Å². The second kappa shape index (κ2) is 8.16. The lowest BCUT2D eigenvalue weighted by molar-refractivity contribution is 0.125. The molecule has 6 nitrogen and oxygen atoms in total. The van der Waals surface area contributed by atoms with Crippen LogP contribution in [0.3, 0.4) is 0 Å². The van der Waals surface area contributed by atoms with Gasteiger partial charge in [-0.15, -0.1) is 0 Å². The fourth-order valence-electron chi connectivity index (χ4n) is 2.54. The van der Waals surface area contributed by atoms with Crippen molar-refractivity contribution in [1.82, 2.24) is 9.21 Å². The van der Waals surface area contributed by atoms with E-state index < -0.39 is 10.0 Å². The third-order valence-electron chi connectivity index (χ3n) is 3.52. The summed E-state index contributed by atoms with van der Waals surface area (Å²) < 4.78 is 29.9.